The van der Waals surface area contributed by atoms with Crippen LogP contribution in [-0.2, 0) is 18.9 Å². The molecule has 41 heavy (non-hydrogen) atoms. The van der Waals surface area contributed by atoms with Gasteiger partial charge in [-0.05, 0) is 34.1 Å². The average molecular weight is 576 g/mol. The van der Waals surface area contributed by atoms with Crippen LogP contribution in [0.2, 0.25) is 0 Å². The van der Waals surface area contributed by atoms with E-state index in [2.05, 4.69) is 21.9 Å². The predicted molar refractivity (Wildman–Crippen MR) is 165 cm³/mol. The van der Waals surface area contributed by atoms with Gasteiger partial charge in [0.25, 0.3) is 0 Å². The van der Waals surface area contributed by atoms with E-state index in [-0.39, 0.29) is 30.5 Å². The molecule has 0 amide bonds. The van der Waals surface area contributed by atoms with Crippen LogP contribution in [0.3, 0.4) is 0 Å². The number of aromatic nitrogens is 4. The van der Waals surface area contributed by atoms with Crippen molar-refractivity contribution >= 4 is 17.0 Å². The SMILES string of the molecule is CCCCCCCCCCCCCCCCO[C@@H]1[C@H](OC(C)C)[C@@H](COC(C)C)O[C@H]1n1cnc2c(N)ncnc21. The van der Waals surface area contributed by atoms with Gasteiger partial charge in [-0.1, -0.05) is 90.4 Å². The molecular weight excluding hydrogens is 518 g/mol. The molecule has 3 heterocycles. The highest BCUT2D eigenvalue weighted by atomic mass is 16.6. The fraction of sp³-hybridized carbons (Fsp3) is 0.844. The highest BCUT2D eigenvalue weighted by molar-refractivity contribution is 5.81. The first-order chi connectivity index (χ1) is 19.9. The van der Waals surface area contributed by atoms with Gasteiger partial charge in [0.05, 0.1) is 25.1 Å². The Bertz CT molecular complexity index is 969. The molecule has 2 N–H and O–H groups in total. The second-order valence-corrected chi connectivity index (χ2v) is 12.1. The number of nitrogens with two attached hydrogens (primary N) is 1. The van der Waals surface area contributed by atoms with Crippen LogP contribution in [0.25, 0.3) is 11.2 Å². The molecule has 1 aliphatic heterocycles. The van der Waals surface area contributed by atoms with Gasteiger partial charge in [0.1, 0.15) is 30.2 Å². The molecule has 0 unspecified atom stereocenters. The van der Waals surface area contributed by atoms with Crippen molar-refractivity contribution in [2.45, 2.75) is 161 Å². The third-order valence-electron chi connectivity index (χ3n) is 7.78. The fourth-order valence-electron chi connectivity index (χ4n) is 5.58. The van der Waals surface area contributed by atoms with E-state index in [1.165, 1.54) is 89.8 Å². The van der Waals surface area contributed by atoms with Crippen LogP contribution >= 0.6 is 0 Å². The Balaban J connectivity index is 1.48. The molecule has 1 fully saturated rings. The maximum Gasteiger partial charge on any atom is 0.167 e. The van der Waals surface area contributed by atoms with E-state index in [0.717, 1.165) is 6.42 Å². The van der Waals surface area contributed by atoms with Crippen LogP contribution in [-0.4, -0.2) is 63.3 Å². The number of rotatable bonds is 22. The lowest BCUT2D eigenvalue weighted by Gasteiger charge is -2.27. The van der Waals surface area contributed by atoms with Crippen molar-refractivity contribution in [2.75, 3.05) is 18.9 Å². The Morgan fingerprint density at radius 2 is 1.41 bits per heavy atom. The summed E-state index contributed by atoms with van der Waals surface area (Å²) in [4.78, 5) is 13.0. The summed E-state index contributed by atoms with van der Waals surface area (Å²) in [7, 11) is 0. The van der Waals surface area contributed by atoms with Gasteiger partial charge in [0.2, 0.25) is 0 Å². The number of fused-ring (bicyclic) bond motifs is 1. The molecule has 9 nitrogen and oxygen atoms in total. The lowest BCUT2D eigenvalue weighted by Crippen LogP contribution is -2.40. The van der Waals surface area contributed by atoms with E-state index in [1.807, 2.05) is 32.3 Å². The summed E-state index contributed by atoms with van der Waals surface area (Å²) in [5.74, 6) is 0.348. The summed E-state index contributed by atoms with van der Waals surface area (Å²) < 4.78 is 27.3. The first kappa shape index (κ1) is 33.7. The highest BCUT2D eigenvalue weighted by Crippen LogP contribution is 2.36. The Hall–Kier alpha value is -1.81. The minimum absolute atomic E-state index is 0.0218. The van der Waals surface area contributed by atoms with Crippen molar-refractivity contribution in [1.82, 2.24) is 19.5 Å². The van der Waals surface area contributed by atoms with Crippen LogP contribution < -0.4 is 5.73 Å². The minimum Gasteiger partial charge on any atom is -0.382 e. The standard InChI is InChI=1S/C32H57N5O4/c1-6-7-8-9-10-11-12-13-14-15-16-17-18-19-20-38-29-28(40-25(4)5)26(21-39-24(2)3)41-32(29)37-23-36-27-30(33)34-22-35-31(27)37/h22-26,28-29,32H,6-21H2,1-5H3,(H2,33,34,35)/t26-,28-,29-,32-/m1/s1. The summed E-state index contributed by atoms with van der Waals surface area (Å²) in [6.45, 7) is 11.5. The molecule has 1 saturated heterocycles. The summed E-state index contributed by atoms with van der Waals surface area (Å²) in [6, 6.07) is 0. The van der Waals surface area contributed by atoms with Crippen molar-refractivity contribution in [3.63, 3.8) is 0 Å². The summed E-state index contributed by atoms with van der Waals surface area (Å²) >= 11 is 0. The monoisotopic (exact) mass is 575 g/mol. The molecule has 1 aliphatic rings. The maximum absolute atomic E-state index is 6.55. The van der Waals surface area contributed by atoms with Gasteiger partial charge in [-0.2, -0.15) is 0 Å². The smallest absolute Gasteiger partial charge is 0.167 e. The van der Waals surface area contributed by atoms with Crippen LogP contribution in [0.15, 0.2) is 12.7 Å². The zero-order valence-electron chi connectivity index (χ0n) is 26.4. The quantitative estimate of drug-likeness (QED) is 0.145. The van der Waals surface area contributed by atoms with Crippen molar-refractivity contribution in [2.24, 2.45) is 0 Å². The molecule has 0 radical (unpaired) electrons. The maximum atomic E-state index is 6.55. The topological polar surface area (TPSA) is 107 Å². The van der Waals surface area contributed by atoms with E-state index in [9.17, 15) is 0 Å². The summed E-state index contributed by atoms with van der Waals surface area (Å²) in [5, 5.41) is 0. The molecule has 2 aromatic rings. The van der Waals surface area contributed by atoms with E-state index >= 15 is 0 Å². The van der Waals surface area contributed by atoms with E-state index in [0.29, 0.717) is 30.2 Å². The van der Waals surface area contributed by atoms with Gasteiger partial charge in [-0.25, -0.2) is 15.0 Å². The molecule has 4 atom stereocenters. The molecule has 0 aromatic carbocycles. The van der Waals surface area contributed by atoms with Crippen molar-refractivity contribution < 1.29 is 18.9 Å². The Morgan fingerprint density at radius 3 is 2.00 bits per heavy atom. The molecule has 3 rings (SSSR count). The molecule has 0 saturated carbocycles. The second kappa shape index (κ2) is 18.7. The number of ether oxygens (including phenoxy) is 4. The number of hydrogen-bond acceptors (Lipinski definition) is 8. The van der Waals surface area contributed by atoms with E-state index < -0.39 is 6.23 Å². The first-order valence-corrected chi connectivity index (χ1v) is 16.4. The Morgan fingerprint density at radius 1 is 0.805 bits per heavy atom. The first-order valence-electron chi connectivity index (χ1n) is 16.4. The summed E-state index contributed by atoms with van der Waals surface area (Å²) in [6.07, 6.45) is 20.6. The van der Waals surface area contributed by atoms with Gasteiger partial charge in [-0.3, -0.25) is 4.57 Å². The normalized spacial score (nSPS) is 21.1. The zero-order valence-corrected chi connectivity index (χ0v) is 26.4. The van der Waals surface area contributed by atoms with Gasteiger partial charge in [0.15, 0.2) is 17.7 Å². The van der Waals surface area contributed by atoms with Gasteiger partial charge >= 0.3 is 0 Å². The molecule has 0 bridgehead atoms. The zero-order chi connectivity index (χ0) is 29.5. The fourth-order valence-corrected chi connectivity index (χ4v) is 5.58. The van der Waals surface area contributed by atoms with Crippen molar-refractivity contribution in [1.29, 1.82) is 0 Å². The lowest BCUT2D eigenvalue weighted by molar-refractivity contribution is -0.103. The summed E-state index contributed by atoms with van der Waals surface area (Å²) in [5.41, 5.74) is 7.25. The molecular formula is C32H57N5O4. The van der Waals surface area contributed by atoms with Crippen LogP contribution in [0.4, 0.5) is 5.82 Å². The third-order valence-corrected chi connectivity index (χ3v) is 7.78. The van der Waals surface area contributed by atoms with Crippen LogP contribution in [0, 0.1) is 0 Å². The van der Waals surface area contributed by atoms with Crippen molar-refractivity contribution in [3.05, 3.63) is 12.7 Å². The lowest BCUT2D eigenvalue weighted by atomic mass is 10.0. The van der Waals surface area contributed by atoms with Gasteiger partial charge in [0, 0.05) is 6.61 Å². The number of hydrogen-bond donors (Lipinski definition) is 1. The molecule has 0 aliphatic carbocycles. The number of anilines is 1. The molecule has 9 heteroatoms. The van der Waals surface area contributed by atoms with Gasteiger partial charge < -0.3 is 24.7 Å². The Kier molecular flexibility index (Phi) is 15.3. The average Bonchev–Trinajstić information content (AvgIpc) is 3.51. The number of nitrogen functional groups attached to an aromatic ring is 1. The molecule has 2 aromatic heterocycles. The third kappa shape index (κ3) is 11.1. The van der Waals surface area contributed by atoms with Gasteiger partial charge in [-0.15, -0.1) is 0 Å². The predicted octanol–water partition coefficient (Wildman–Crippen LogP) is 7.39. The van der Waals surface area contributed by atoms with E-state index in [1.54, 1.807) is 6.33 Å². The second-order valence-electron chi connectivity index (χ2n) is 12.1. The molecule has 0 spiro atoms. The molecule has 234 valence electrons. The Labute approximate surface area is 248 Å². The van der Waals surface area contributed by atoms with E-state index in [4.69, 9.17) is 24.7 Å². The van der Waals surface area contributed by atoms with Crippen molar-refractivity contribution in [3.8, 4) is 0 Å². The largest absolute Gasteiger partial charge is 0.382 e. The highest BCUT2D eigenvalue weighted by Gasteiger charge is 2.48. The van der Waals surface area contributed by atoms with Crippen LogP contribution in [0.1, 0.15) is 131 Å². The van der Waals surface area contributed by atoms with Crippen LogP contribution in [0.5, 0.6) is 0 Å². The minimum atomic E-state index is -0.453. The number of imidazole rings is 1. The number of unbranched alkanes of at least 4 members (excludes halogenated alkanes) is 13. The number of nitrogens with zero attached hydrogens (tertiary/aromatic N) is 4.